The van der Waals surface area contributed by atoms with Crippen molar-refractivity contribution in [3.05, 3.63) is 77.9 Å². The van der Waals surface area contributed by atoms with Crippen molar-refractivity contribution in [3.8, 4) is 5.69 Å². The first-order valence-electron chi connectivity index (χ1n) is 9.71. The molecule has 0 N–H and O–H groups in total. The molecule has 0 aliphatic carbocycles. The molecule has 148 valence electrons. The van der Waals surface area contributed by atoms with Crippen molar-refractivity contribution in [3.63, 3.8) is 0 Å². The molecule has 1 aromatic heterocycles. The van der Waals surface area contributed by atoms with Crippen LogP contribution in [0, 0.1) is 20.8 Å². The Morgan fingerprint density at radius 1 is 1.00 bits per heavy atom. The first-order chi connectivity index (χ1) is 12.7. The van der Waals surface area contributed by atoms with Crippen LogP contribution in [-0.4, -0.2) is 11.0 Å². The molecule has 0 saturated heterocycles. The summed E-state index contributed by atoms with van der Waals surface area (Å²) >= 11 is 0. The van der Waals surface area contributed by atoms with E-state index in [0.29, 0.717) is 6.43 Å². The fraction of sp³-hybridized carbons (Fsp3) is 0.348. The lowest BCUT2D eigenvalue weighted by molar-refractivity contribution is -0.679. The molecule has 0 amide bonds. The predicted molar refractivity (Wildman–Crippen MR) is 120 cm³/mol. The summed E-state index contributed by atoms with van der Waals surface area (Å²) in [6.07, 6.45) is 8.29. The zero-order valence-corrected chi connectivity index (χ0v) is 21.0. The monoisotopic (exact) mass is 504 g/mol. The Morgan fingerprint density at radius 3 is 2.18 bits per heavy atom. The maximum atomic E-state index is 2.36. The molecule has 0 aliphatic rings. The average Bonchev–Trinajstić information content (AvgIpc) is 3.01. The number of hydrogen-bond donors (Lipinski definition) is 0. The standard InChI is InChI=1S/C23H31BN2P.HI/c1-18-14-19(2)22(20(3)15-18)26-13-12-25(17-26)16-24(23(4,5)6)27-21-10-8-7-9-11-21;/h7-15,17,27H,16H2,1-6H3;1H/q+1;/p-1. The van der Waals surface area contributed by atoms with Crippen LogP contribution in [0.2, 0.25) is 5.31 Å². The Labute approximate surface area is 189 Å². The van der Waals surface area contributed by atoms with E-state index in [-0.39, 0.29) is 29.3 Å². The summed E-state index contributed by atoms with van der Waals surface area (Å²) in [6, 6.07) is 15.4. The molecule has 1 unspecified atom stereocenters. The molecule has 5 heteroatoms. The Morgan fingerprint density at radius 2 is 1.61 bits per heavy atom. The fourth-order valence-corrected chi connectivity index (χ4v) is 5.22. The smallest absolute Gasteiger partial charge is 0.248 e. The van der Waals surface area contributed by atoms with Gasteiger partial charge in [0.15, 0.2) is 0 Å². The van der Waals surface area contributed by atoms with Crippen LogP contribution in [0.1, 0.15) is 37.5 Å². The molecule has 2 aromatic carbocycles. The Balaban J connectivity index is 0.00000280. The quantitative estimate of drug-likeness (QED) is 0.218. The largest absolute Gasteiger partial charge is 1.00 e. The lowest BCUT2D eigenvalue weighted by Crippen LogP contribution is -3.00. The molecule has 3 aromatic rings. The highest BCUT2D eigenvalue weighted by atomic mass is 127. The maximum absolute atomic E-state index is 2.36. The number of aromatic nitrogens is 2. The third-order valence-electron chi connectivity index (χ3n) is 5.14. The first-order valence-corrected chi connectivity index (χ1v) is 10.8. The van der Waals surface area contributed by atoms with E-state index in [1.165, 1.54) is 27.7 Å². The zero-order chi connectivity index (χ0) is 19.6. The first kappa shape index (κ1) is 23.2. The number of halogens is 1. The van der Waals surface area contributed by atoms with Crippen LogP contribution in [0.4, 0.5) is 0 Å². The van der Waals surface area contributed by atoms with Crippen LogP contribution in [0.15, 0.2) is 61.2 Å². The van der Waals surface area contributed by atoms with Crippen molar-refractivity contribution < 1.29 is 28.5 Å². The van der Waals surface area contributed by atoms with Gasteiger partial charge in [-0.3, -0.25) is 0 Å². The van der Waals surface area contributed by atoms with Gasteiger partial charge in [-0.05, 0) is 37.2 Å². The van der Waals surface area contributed by atoms with Gasteiger partial charge < -0.3 is 24.0 Å². The van der Waals surface area contributed by atoms with Gasteiger partial charge in [-0.15, -0.1) is 8.46 Å². The predicted octanol–water partition coefficient (Wildman–Crippen LogP) is 2.03. The Hall–Kier alpha value is -1.13. The summed E-state index contributed by atoms with van der Waals surface area (Å²) in [6.45, 7) is 13.7. The molecule has 0 spiro atoms. The minimum atomic E-state index is 0. The average molecular weight is 504 g/mol. The molecule has 0 aliphatic heterocycles. The van der Waals surface area contributed by atoms with Crippen molar-refractivity contribution >= 4 is 20.2 Å². The van der Waals surface area contributed by atoms with Gasteiger partial charge in [0.2, 0.25) is 12.8 Å². The lowest BCUT2D eigenvalue weighted by atomic mass is 9.53. The van der Waals surface area contributed by atoms with Crippen LogP contribution in [0.25, 0.3) is 5.69 Å². The van der Waals surface area contributed by atoms with Gasteiger partial charge in [-0.2, -0.15) is 0 Å². The number of hydrogen-bond acceptors (Lipinski definition) is 0. The van der Waals surface area contributed by atoms with E-state index in [1.807, 2.05) is 0 Å². The van der Waals surface area contributed by atoms with Gasteiger partial charge in [0, 0.05) is 0 Å². The van der Waals surface area contributed by atoms with Gasteiger partial charge in [0.05, 0.1) is 6.44 Å². The van der Waals surface area contributed by atoms with Crippen LogP contribution in [-0.2, 0) is 6.44 Å². The van der Waals surface area contributed by atoms with Crippen LogP contribution >= 0.6 is 8.46 Å². The number of aryl methyl sites for hydroxylation is 3. The molecule has 0 fully saturated rings. The van der Waals surface area contributed by atoms with Crippen molar-refractivity contribution in [1.29, 1.82) is 0 Å². The van der Waals surface area contributed by atoms with E-state index in [2.05, 4.69) is 112 Å². The zero-order valence-electron chi connectivity index (χ0n) is 17.8. The number of benzene rings is 2. The molecule has 0 saturated carbocycles. The molecular weight excluding hydrogens is 473 g/mol. The summed E-state index contributed by atoms with van der Waals surface area (Å²) in [5.41, 5.74) is 5.28. The summed E-state index contributed by atoms with van der Waals surface area (Å²) in [5, 5.41) is 1.71. The van der Waals surface area contributed by atoms with Crippen molar-refractivity contribution in [2.24, 2.45) is 0 Å². The van der Waals surface area contributed by atoms with Crippen LogP contribution < -0.4 is 33.8 Å². The minimum absolute atomic E-state index is 0. The highest BCUT2D eigenvalue weighted by molar-refractivity contribution is 7.82. The van der Waals surface area contributed by atoms with E-state index in [4.69, 9.17) is 0 Å². The van der Waals surface area contributed by atoms with Crippen LogP contribution in [0.3, 0.4) is 0 Å². The fourth-order valence-electron chi connectivity index (χ4n) is 3.70. The number of rotatable bonds is 5. The molecule has 0 radical (unpaired) electrons. The van der Waals surface area contributed by atoms with E-state index >= 15 is 0 Å². The lowest BCUT2D eigenvalue weighted by Gasteiger charge is -2.26. The second-order valence-electron chi connectivity index (χ2n) is 8.69. The van der Waals surface area contributed by atoms with E-state index < -0.39 is 0 Å². The molecule has 28 heavy (non-hydrogen) atoms. The molecule has 0 bridgehead atoms. The summed E-state index contributed by atoms with van der Waals surface area (Å²) < 4.78 is 4.63. The highest BCUT2D eigenvalue weighted by Gasteiger charge is 2.31. The Kier molecular flexibility index (Phi) is 7.93. The van der Waals surface area contributed by atoms with E-state index in [9.17, 15) is 0 Å². The van der Waals surface area contributed by atoms with Gasteiger partial charge in [-0.25, -0.2) is 9.13 Å². The molecule has 2 nitrogen and oxygen atoms in total. The van der Waals surface area contributed by atoms with Gasteiger partial charge >= 0.3 is 0 Å². The molecule has 3 rings (SSSR count). The Bertz CT molecular complexity index is 893. The third kappa shape index (κ3) is 5.70. The van der Waals surface area contributed by atoms with E-state index in [1.54, 1.807) is 0 Å². The summed E-state index contributed by atoms with van der Waals surface area (Å²) in [7, 11) is 0.812. The van der Waals surface area contributed by atoms with E-state index in [0.717, 1.165) is 14.9 Å². The molecule has 1 heterocycles. The topological polar surface area (TPSA) is 8.81 Å². The van der Waals surface area contributed by atoms with Crippen LogP contribution in [0.5, 0.6) is 0 Å². The van der Waals surface area contributed by atoms with Gasteiger partial charge in [0.1, 0.15) is 18.1 Å². The highest BCUT2D eigenvalue weighted by Crippen LogP contribution is 2.36. The van der Waals surface area contributed by atoms with Crippen molar-refractivity contribution in [1.82, 2.24) is 4.57 Å². The number of imidazole rings is 1. The minimum Gasteiger partial charge on any atom is -1.00 e. The van der Waals surface area contributed by atoms with Gasteiger partial charge in [-0.1, -0.05) is 74.1 Å². The summed E-state index contributed by atoms with van der Waals surface area (Å²) in [5.74, 6) is 0. The maximum Gasteiger partial charge on any atom is 0.248 e. The molecular formula is C23H31BIN2P. The van der Waals surface area contributed by atoms with Crippen molar-refractivity contribution in [2.75, 3.05) is 0 Å². The number of nitrogens with zero attached hydrogens (tertiary/aromatic N) is 2. The SMILES string of the molecule is Cc1cc(C)c(-n2cc[n+](CB(Pc3ccccc3)C(C)(C)C)c2)c(C)c1.[I-]. The summed E-state index contributed by atoms with van der Waals surface area (Å²) in [4.78, 5) is 0. The second-order valence-corrected chi connectivity index (χ2v) is 10.3. The van der Waals surface area contributed by atoms with Gasteiger partial charge in [0.25, 0.3) is 0 Å². The third-order valence-corrected chi connectivity index (χ3v) is 7.20. The van der Waals surface area contributed by atoms with Crippen molar-refractivity contribution in [2.45, 2.75) is 53.3 Å². The molecule has 1 atom stereocenters. The normalized spacial score (nSPS) is 11.6. The second kappa shape index (κ2) is 9.58.